The molecule has 0 bridgehead atoms. The van der Waals surface area contributed by atoms with E-state index in [-0.39, 0.29) is 29.5 Å². The summed E-state index contributed by atoms with van der Waals surface area (Å²) in [7, 11) is 0.949. The average molecular weight is 373 g/mol. The highest BCUT2D eigenvalue weighted by molar-refractivity contribution is 7.87. The fourth-order valence-corrected chi connectivity index (χ4v) is 3.80. The van der Waals surface area contributed by atoms with E-state index in [2.05, 4.69) is 4.72 Å². The van der Waals surface area contributed by atoms with Crippen molar-refractivity contribution in [3.8, 4) is 0 Å². The van der Waals surface area contributed by atoms with E-state index in [9.17, 15) is 13.2 Å². The summed E-state index contributed by atoms with van der Waals surface area (Å²) in [6.07, 6.45) is 0. The van der Waals surface area contributed by atoms with Crippen molar-refractivity contribution < 1.29 is 22.4 Å². The predicted molar refractivity (Wildman–Crippen MR) is 93.2 cm³/mol. The largest absolute Gasteiger partial charge is 0.453 e. The van der Waals surface area contributed by atoms with Gasteiger partial charge >= 0.3 is 0 Å². The maximum Gasteiger partial charge on any atom is 0.289 e. The highest BCUT2D eigenvalue weighted by Crippen LogP contribution is 2.27. The minimum absolute atomic E-state index is 0.0343. The lowest BCUT2D eigenvalue weighted by Crippen LogP contribution is -2.46. The van der Waals surface area contributed by atoms with Crippen LogP contribution in [0.1, 0.15) is 30.2 Å². The Kier molecular flexibility index (Phi) is 6.26. The molecular formula is C16H27N3O5S. The Morgan fingerprint density at radius 3 is 2.64 bits per heavy atom. The standard InChI is InChI=1S/C16H27N3O5S/c1-11(2)13-8-19(9-14(13)17-25(21,22)18(3)4)16(20)15-7-6-12(24-15)10-23-5/h6-7,11,13-14,17H,8-10H2,1-5H3/t13-,14+/m0/s1. The number of likely N-dealkylation sites (tertiary alicyclic amines) is 1. The van der Waals surface area contributed by atoms with Gasteiger partial charge in [0.25, 0.3) is 16.1 Å². The highest BCUT2D eigenvalue weighted by atomic mass is 32.2. The Labute approximate surface area is 149 Å². The lowest BCUT2D eigenvalue weighted by Gasteiger charge is -2.24. The first-order valence-electron chi connectivity index (χ1n) is 8.22. The number of nitrogens with one attached hydrogen (secondary N) is 1. The van der Waals surface area contributed by atoms with Crippen LogP contribution < -0.4 is 4.72 Å². The molecule has 0 spiro atoms. The molecule has 142 valence electrons. The third kappa shape index (κ3) is 4.60. The number of rotatable bonds is 7. The second kappa shape index (κ2) is 7.86. The molecule has 1 aliphatic heterocycles. The first-order valence-corrected chi connectivity index (χ1v) is 9.66. The Hall–Kier alpha value is -1.42. The van der Waals surface area contributed by atoms with E-state index < -0.39 is 10.2 Å². The maximum atomic E-state index is 12.7. The molecule has 1 aromatic rings. The summed E-state index contributed by atoms with van der Waals surface area (Å²) in [5.74, 6) is 0.848. The molecule has 1 fully saturated rings. The van der Waals surface area contributed by atoms with Gasteiger partial charge in [0.05, 0.1) is 0 Å². The number of ether oxygens (including phenoxy) is 1. The van der Waals surface area contributed by atoms with E-state index in [0.717, 1.165) is 4.31 Å². The van der Waals surface area contributed by atoms with Gasteiger partial charge < -0.3 is 14.1 Å². The number of hydrogen-bond acceptors (Lipinski definition) is 5. The van der Waals surface area contributed by atoms with Crippen molar-refractivity contribution in [1.82, 2.24) is 13.9 Å². The molecule has 1 aliphatic rings. The first-order chi connectivity index (χ1) is 11.7. The van der Waals surface area contributed by atoms with E-state index >= 15 is 0 Å². The Bertz CT molecular complexity index is 698. The molecule has 1 amide bonds. The molecule has 1 aromatic heterocycles. The normalized spacial score (nSPS) is 21.5. The number of amides is 1. The predicted octanol–water partition coefficient (Wildman–Crippen LogP) is 0.919. The smallest absolute Gasteiger partial charge is 0.289 e. The molecule has 0 aromatic carbocycles. The maximum absolute atomic E-state index is 12.7. The molecule has 2 atom stereocenters. The van der Waals surface area contributed by atoms with Crippen molar-refractivity contribution in [3.63, 3.8) is 0 Å². The van der Waals surface area contributed by atoms with Crippen LogP contribution in [-0.2, 0) is 21.6 Å². The second-order valence-corrected chi connectivity index (χ2v) is 8.74. The van der Waals surface area contributed by atoms with Crippen LogP contribution in [-0.4, -0.2) is 63.9 Å². The van der Waals surface area contributed by atoms with Crippen LogP contribution in [0, 0.1) is 11.8 Å². The molecular weight excluding hydrogens is 346 g/mol. The van der Waals surface area contributed by atoms with E-state index in [1.54, 1.807) is 24.1 Å². The monoisotopic (exact) mass is 373 g/mol. The van der Waals surface area contributed by atoms with Gasteiger partial charge in [-0.15, -0.1) is 0 Å². The quantitative estimate of drug-likeness (QED) is 0.767. The third-order valence-electron chi connectivity index (χ3n) is 4.45. The van der Waals surface area contributed by atoms with Crippen LogP contribution in [0.4, 0.5) is 0 Å². The van der Waals surface area contributed by atoms with Crippen LogP contribution in [0.3, 0.4) is 0 Å². The summed E-state index contributed by atoms with van der Waals surface area (Å²) in [5.41, 5.74) is 0. The van der Waals surface area contributed by atoms with Gasteiger partial charge in [0.2, 0.25) is 0 Å². The molecule has 2 heterocycles. The van der Waals surface area contributed by atoms with Crippen LogP contribution in [0.25, 0.3) is 0 Å². The molecule has 25 heavy (non-hydrogen) atoms. The van der Waals surface area contributed by atoms with Crippen LogP contribution >= 0.6 is 0 Å². The summed E-state index contributed by atoms with van der Waals surface area (Å²) in [5, 5.41) is 0. The number of hydrogen-bond donors (Lipinski definition) is 1. The second-order valence-electron chi connectivity index (χ2n) is 6.83. The Morgan fingerprint density at radius 2 is 2.08 bits per heavy atom. The highest BCUT2D eigenvalue weighted by Gasteiger charge is 2.40. The zero-order chi connectivity index (χ0) is 18.8. The molecule has 8 nitrogen and oxygen atoms in total. The minimum Gasteiger partial charge on any atom is -0.453 e. The van der Waals surface area contributed by atoms with Crippen molar-refractivity contribution in [1.29, 1.82) is 0 Å². The van der Waals surface area contributed by atoms with Crippen molar-refractivity contribution in [2.24, 2.45) is 11.8 Å². The van der Waals surface area contributed by atoms with Gasteiger partial charge in [-0.3, -0.25) is 4.79 Å². The average Bonchev–Trinajstić information content (AvgIpc) is 3.13. The summed E-state index contributed by atoms with van der Waals surface area (Å²) in [4.78, 5) is 14.3. The summed E-state index contributed by atoms with van der Waals surface area (Å²) in [6, 6.07) is 3.00. The molecule has 9 heteroatoms. The van der Waals surface area contributed by atoms with Gasteiger partial charge in [0.1, 0.15) is 12.4 Å². The summed E-state index contributed by atoms with van der Waals surface area (Å²) in [6.45, 7) is 5.15. The van der Waals surface area contributed by atoms with Gasteiger partial charge in [0.15, 0.2) is 5.76 Å². The Balaban J connectivity index is 2.13. The molecule has 1 saturated heterocycles. The number of carbonyl (C=O) groups is 1. The van der Waals surface area contributed by atoms with Gasteiger partial charge in [-0.05, 0) is 24.0 Å². The van der Waals surface area contributed by atoms with Crippen LogP contribution in [0.5, 0.6) is 0 Å². The topological polar surface area (TPSA) is 92.1 Å². The first kappa shape index (κ1) is 19.9. The lowest BCUT2D eigenvalue weighted by atomic mass is 9.92. The van der Waals surface area contributed by atoms with Gasteiger partial charge in [-0.1, -0.05) is 13.8 Å². The zero-order valence-electron chi connectivity index (χ0n) is 15.4. The number of carbonyl (C=O) groups excluding carboxylic acids is 1. The van der Waals surface area contributed by atoms with Gasteiger partial charge in [-0.2, -0.15) is 17.4 Å². The van der Waals surface area contributed by atoms with Crippen molar-refractivity contribution in [3.05, 3.63) is 23.7 Å². The van der Waals surface area contributed by atoms with E-state index in [1.807, 2.05) is 13.8 Å². The van der Waals surface area contributed by atoms with Gasteiger partial charge in [0, 0.05) is 40.3 Å². The summed E-state index contributed by atoms with van der Waals surface area (Å²) >= 11 is 0. The fraction of sp³-hybridized carbons (Fsp3) is 0.688. The molecule has 0 aliphatic carbocycles. The fourth-order valence-electron chi connectivity index (χ4n) is 2.96. The molecule has 2 rings (SSSR count). The van der Waals surface area contributed by atoms with E-state index in [4.69, 9.17) is 9.15 Å². The molecule has 1 N–H and O–H groups in total. The SMILES string of the molecule is COCc1ccc(C(=O)N2C[C@@H](NS(=O)(=O)N(C)C)[C@H](C(C)C)C2)o1. The van der Waals surface area contributed by atoms with Crippen molar-refractivity contribution in [2.45, 2.75) is 26.5 Å². The van der Waals surface area contributed by atoms with Gasteiger partial charge in [-0.25, -0.2) is 0 Å². The summed E-state index contributed by atoms with van der Waals surface area (Å²) < 4.78 is 38.6. The van der Waals surface area contributed by atoms with E-state index in [0.29, 0.717) is 25.5 Å². The van der Waals surface area contributed by atoms with E-state index in [1.165, 1.54) is 14.1 Å². The third-order valence-corrected chi connectivity index (χ3v) is 6.01. The molecule has 0 radical (unpaired) electrons. The minimum atomic E-state index is -3.56. The van der Waals surface area contributed by atoms with Crippen LogP contribution in [0.2, 0.25) is 0 Å². The molecule has 0 saturated carbocycles. The van der Waals surface area contributed by atoms with Crippen LogP contribution in [0.15, 0.2) is 16.5 Å². The lowest BCUT2D eigenvalue weighted by molar-refractivity contribution is 0.0743. The number of nitrogens with zero attached hydrogens (tertiary/aromatic N) is 2. The molecule has 0 unspecified atom stereocenters. The van der Waals surface area contributed by atoms with Crippen molar-refractivity contribution >= 4 is 16.1 Å². The van der Waals surface area contributed by atoms with Crippen molar-refractivity contribution in [2.75, 3.05) is 34.3 Å². The number of methoxy groups -OCH3 is 1. The zero-order valence-corrected chi connectivity index (χ0v) is 16.2. The Morgan fingerprint density at radius 1 is 1.40 bits per heavy atom. The number of furan rings is 1.